The maximum Gasteiger partial charge on any atom is 0.208 e. The van der Waals surface area contributed by atoms with Gasteiger partial charge in [0.2, 0.25) is 5.13 Å². The summed E-state index contributed by atoms with van der Waals surface area (Å²) in [5.41, 5.74) is 0.503. The van der Waals surface area contributed by atoms with Gasteiger partial charge < -0.3 is 4.90 Å². The zero-order chi connectivity index (χ0) is 14.7. The molecule has 0 N–H and O–H groups in total. The highest BCUT2D eigenvalue weighted by atomic mass is 32.2. The van der Waals surface area contributed by atoms with Crippen molar-refractivity contribution in [2.45, 2.75) is 16.5 Å². The van der Waals surface area contributed by atoms with E-state index in [9.17, 15) is 9.18 Å². The van der Waals surface area contributed by atoms with Crippen molar-refractivity contribution in [3.8, 4) is 0 Å². The molecule has 0 fully saturated rings. The van der Waals surface area contributed by atoms with Gasteiger partial charge in [-0.15, -0.1) is 10.2 Å². The Labute approximate surface area is 125 Å². The number of Topliss-reactive ketones (excluding diaryl/α,β-unsaturated/α-hetero) is 1. The molecule has 7 heteroatoms. The number of rotatable bonds is 5. The van der Waals surface area contributed by atoms with Gasteiger partial charge in [-0.3, -0.25) is 4.79 Å². The van der Waals surface area contributed by atoms with Gasteiger partial charge in [0, 0.05) is 19.7 Å². The first-order valence-electron chi connectivity index (χ1n) is 5.94. The van der Waals surface area contributed by atoms with Gasteiger partial charge in [-0.25, -0.2) is 4.39 Å². The van der Waals surface area contributed by atoms with E-state index in [2.05, 4.69) is 10.2 Å². The maximum atomic E-state index is 12.8. The minimum absolute atomic E-state index is 0.0448. The second-order valence-electron chi connectivity index (χ2n) is 4.38. The van der Waals surface area contributed by atoms with Crippen LogP contribution in [0.4, 0.5) is 9.52 Å². The van der Waals surface area contributed by atoms with Crippen LogP contribution in [0.5, 0.6) is 0 Å². The van der Waals surface area contributed by atoms with Crippen LogP contribution < -0.4 is 4.90 Å². The Kier molecular flexibility index (Phi) is 4.72. The fraction of sp³-hybridized carbons (Fsp3) is 0.308. The van der Waals surface area contributed by atoms with E-state index in [1.807, 2.05) is 25.9 Å². The molecule has 2 rings (SSSR count). The van der Waals surface area contributed by atoms with E-state index in [0.717, 1.165) is 9.47 Å². The summed E-state index contributed by atoms with van der Waals surface area (Å²) in [7, 11) is 3.78. The van der Waals surface area contributed by atoms with Gasteiger partial charge in [0.1, 0.15) is 5.82 Å². The quantitative estimate of drug-likeness (QED) is 0.627. The molecule has 1 aromatic heterocycles. The Balaban J connectivity index is 2.05. The van der Waals surface area contributed by atoms with Gasteiger partial charge in [0.25, 0.3) is 0 Å². The van der Waals surface area contributed by atoms with Crippen LogP contribution >= 0.6 is 23.1 Å². The number of halogens is 1. The van der Waals surface area contributed by atoms with Crippen LogP contribution in [0.1, 0.15) is 17.3 Å². The topological polar surface area (TPSA) is 46.1 Å². The second-order valence-corrected chi connectivity index (χ2v) is 6.92. The first-order chi connectivity index (χ1) is 9.47. The van der Waals surface area contributed by atoms with Crippen molar-refractivity contribution in [2.24, 2.45) is 0 Å². The van der Waals surface area contributed by atoms with E-state index in [0.29, 0.717) is 5.56 Å². The van der Waals surface area contributed by atoms with Crippen molar-refractivity contribution in [1.82, 2.24) is 10.2 Å². The number of carbonyl (C=O) groups is 1. The highest BCUT2D eigenvalue weighted by Crippen LogP contribution is 2.31. The molecule has 1 unspecified atom stereocenters. The first kappa shape index (κ1) is 14.9. The Morgan fingerprint density at radius 3 is 2.50 bits per heavy atom. The summed E-state index contributed by atoms with van der Waals surface area (Å²) < 4.78 is 13.6. The summed E-state index contributed by atoms with van der Waals surface area (Å²) in [5, 5.41) is 8.58. The molecular formula is C13H14FN3OS2. The monoisotopic (exact) mass is 311 g/mol. The number of aromatic nitrogens is 2. The van der Waals surface area contributed by atoms with Gasteiger partial charge in [-0.1, -0.05) is 23.1 Å². The standard InChI is InChI=1S/C13H14FN3OS2/c1-8(11(18)9-4-6-10(14)7-5-9)19-13-16-15-12(20-13)17(2)3/h4-8H,1-3H3. The normalized spacial score (nSPS) is 12.2. The molecule has 20 heavy (non-hydrogen) atoms. The number of thioether (sulfide) groups is 1. The molecule has 0 radical (unpaired) electrons. The lowest BCUT2D eigenvalue weighted by molar-refractivity contribution is 0.0994. The number of benzene rings is 1. The van der Waals surface area contributed by atoms with E-state index in [1.165, 1.54) is 47.4 Å². The molecule has 2 aromatic rings. The molecule has 4 nitrogen and oxygen atoms in total. The fourth-order valence-corrected chi connectivity index (χ4v) is 3.47. The van der Waals surface area contributed by atoms with Crippen molar-refractivity contribution in [1.29, 1.82) is 0 Å². The lowest BCUT2D eigenvalue weighted by atomic mass is 10.1. The molecule has 1 aromatic carbocycles. The lowest BCUT2D eigenvalue weighted by Gasteiger charge is -2.08. The van der Waals surface area contributed by atoms with Gasteiger partial charge in [-0.2, -0.15) is 0 Å². The molecule has 1 atom stereocenters. The molecule has 0 bridgehead atoms. The fourth-order valence-electron chi connectivity index (χ4n) is 1.48. The molecule has 0 saturated heterocycles. The van der Waals surface area contributed by atoms with Crippen LogP contribution in [0, 0.1) is 5.82 Å². The third-order valence-corrected chi connectivity index (χ3v) is 4.83. The Morgan fingerprint density at radius 1 is 1.30 bits per heavy atom. The molecular weight excluding hydrogens is 297 g/mol. The summed E-state index contributed by atoms with van der Waals surface area (Å²) in [6, 6.07) is 5.58. The molecule has 0 aliphatic heterocycles. The number of anilines is 1. The van der Waals surface area contributed by atoms with Crippen LogP contribution in [0.25, 0.3) is 0 Å². The van der Waals surface area contributed by atoms with E-state index in [4.69, 9.17) is 0 Å². The van der Waals surface area contributed by atoms with Gasteiger partial charge >= 0.3 is 0 Å². The first-order valence-corrected chi connectivity index (χ1v) is 7.64. The summed E-state index contributed by atoms with van der Waals surface area (Å²) in [6.07, 6.45) is 0. The lowest BCUT2D eigenvalue weighted by Crippen LogP contribution is -2.13. The molecule has 0 aliphatic rings. The number of hydrogen-bond donors (Lipinski definition) is 0. The number of hydrogen-bond acceptors (Lipinski definition) is 6. The zero-order valence-electron chi connectivity index (χ0n) is 11.3. The van der Waals surface area contributed by atoms with E-state index < -0.39 is 0 Å². The molecule has 1 heterocycles. The van der Waals surface area contributed by atoms with E-state index in [-0.39, 0.29) is 16.9 Å². The Morgan fingerprint density at radius 2 is 1.95 bits per heavy atom. The summed E-state index contributed by atoms with van der Waals surface area (Å²) in [6.45, 7) is 1.81. The summed E-state index contributed by atoms with van der Waals surface area (Å²) in [4.78, 5) is 14.1. The van der Waals surface area contributed by atoms with E-state index >= 15 is 0 Å². The number of nitrogens with zero attached hydrogens (tertiary/aromatic N) is 3. The molecule has 106 valence electrons. The highest BCUT2D eigenvalue weighted by molar-refractivity contribution is 8.02. The maximum absolute atomic E-state index is 12.8. The predicted octanol–water partition coefficient (Wildman–Crippen LogP) is 3.11. The van der Waals surface area contributed by atoms with Gasteiger partial charge in [0.15, 0.2) is 10.1 Å². The Bertz CT molecular complexity index is 598. The molecule has 0 saturated carbocycles. The van der Waals surface area contributed by atoms with Crippen molar-refractivity contribution >= 4 is 34.0 Å². The smallest absolute Gasteiger partial charge is 0.208 e. The predicted molar refractivity (Wildman–Crippen MR) is 80.3 cm³/mol. The van der Waals surface area contributed by atoms with Crippen molar-refractivity contribution in [3.05, 3.63) is 35.6 Å². The van der Waals surface area contributed by atoms with Gasteiger partial charge in [0.05, 0.1) is 5.25 Å². The highest BCUT2D eigenvalue weighted by Gasteiger charge is 2.19. The molecule has 0 amide bonds. The third-order valence-electron chi connectivity index (χ3n) is 2.55. The van der Waals surface area contributed by atoms with Crippen molar-refractivity contribution in [2.75, 3.05) is 19.0 Å². The van der Waals surface area contributed by atoms with Crippen LogP contribution in [0.2, 0.25) is 0 Å². The SMILES string of the molecule is CC(Sc1nnc(N(C)C)s1)C(=O)c1ccc(F)cc1. The van der Waals surface area contributed by atoms with Crippen LogP contribution in [-0.4, -0.2) is 35.3 Å². The third kappa shape index (κ3) is 3.55. The van der Waals surface area contributed by atoms with Crippen molar-refractivity contribution in [3.63, 3.8) is 0 Å². The summed E-state index contributed by atoms with van der Waals surface area (Å²) in [5.74, 6) is -0.391. The molecule has 0 aliphatic carbocycles. The average Bonchev–Trinajstić information content (AvgIpc) is 2.87. The minimum Gasteiger partial charge on any atom is -0.353 e. The van der Waals surface area contributed by atoms with Crippen LogP contribution in [0.3, 0.4) is 0 Å². The molecule has 0 spiro atoms. The van der Waals surface area contributed by atoms with E-state index in [1.54, 1.807) is 0 Å². The Hall–Kier alpha value is -1.47. The van der Waals surface area contributed by atoms with Gasteiger partial charge in [-0.05, 0) is 31.2 Å². The largest absolute Gasteiger partial charge is 0.353 e. The average molecular weight is 311 g/mol. The van der Waals surface area contributed by atoms with Crippen molar-refractivity contribution < 1.29 is 9.18 Å². The number of ketones is 1. The number of carbonyl (C=O) groups excluding carboxylic acids is 1. The van der Waals surface area contributed by atoms with Crippen LogP contribution in [-0.2, 0) is 0 Å². The minimum atomic E-state index is -0.346. The summed E-state index contributed by atoms with van der Waals surface area (Å²) >= 11 is 2.80. The second kappa shape index (κ2) is 6.32. The zero-order valence-corrected chi connectivity index (χ0v) is 13.0. The van der Waals surface area contributed by atoms with Crippen LogP contribution in [0.15, 0.2) is 28.6 Å².